The molecule has 10 aromatic rings. The zero-order valence-corrected chi connectivity index (χ0v) is 42.3. The monoisotopic (exact) mass is 931 g/mol. The average Bonchev–Trinajstić information content (AvgIpc) is 4.03. The van der Waals surface area contributed by atoms with Crippen molar-refractivity contribution in [2.75, 3.05) is 4.90 Å². The number of anilines is 3. The fourth-order valence-electron chi connectivity index (χ4n) is 12.2. The van der Waals surface area contributed by atoms with Crippen LogP contribution < -0.4 is 4.90 Å². The van der Waals surface area contributed by atoms with Crippen LogP contribution in [0.25, 0.3) is 70.3 Å². The molecule has 0 saturated heterocycles. The Bertz CT molecular complexity index is 3800. The molecule has 0 aliphatic heterocycles. The van der Waals surface area contributed by atoms with Crippen molar-refractivity contribution in [2.24, 2.45) is 0 Å². The third-order valence-electron chi connectivity index (χ3n) is 15.7. The van der Waals surface area contributed by atoms with Crippen molar-refractivity contribution in [2.45, 2.75) is 70.6 Å². The van der Waals surface area contributed by atoms with Crippen molar-refractivity contribution in [3.8, 4) is 44.5 Å². The summed E-state index contributed by atoms with van der Waals surface area (Å²) in [6, 6.07) is 74.4. The molecular formula is C69H57NS. The molecule has 0 fully saturated rings. The van der Waals surface area contributed by atoms with E-state index in [4.69, 9.17) is 0 Å². The first-order valence-corrected chi connectivity index (χ1v) is 26.2. The zero-order chi connectivity index (χ0) is 48.2. The summed E-state index contributed by atoms with van der Waals surface area (Å²) in [4.78, 5) is 2.59. The molecule has 1 aromatic heterocycles. The van der Waals surface area contributed by atoms with Gasteiger partial charge in [-0.2, -0.15) is 0 Å². The van der Waals surface area contributed by atoms with Gasteiger partial charge in [0, 0.05) is 31.4 Å². The summed E-state index contributed by atoms with van der Waals surface area (Å²) in [6.07, 6.45) is 9.16. The van der Waals surface area contributed by atoms with Gasteiger partial charge in [-0.05, 0) is 144 Å². The highest BCUT2D eigenvalue weighted by atomic mass is 32.1. The lowest BCUT2D eigenvalue weighted by Gasteiger charge is -2.34. The van der Waals surface area contributed by atoms with Gasteiger partial charge >= 0.3 is 0 Å². The molecule has 0 unspecified atom stereocenters. The number of benzene rings is 9. The fourth-order valence-corrected chi connectivity index (χ4v) is 13.4. The summed E-state index contributed by atoms with van der Waals surface area (Å²) in [6.45, 7) is 14.1. The molecule has 13 rings (SSSR count). The van der Waals surface area contributed by atoms with E-state index in [0.717, 1.165) is 24.2 Å². The Labute approximate surface area is 423 Å². The van der Waals surface area contributed by atoms with E-state index in [1.54, 1.807) is 0 Å². The Morgan fingerprint density at radius 3 is 1.58 bits per heavy atom. The first-order valence-electron chi connectivity index (χ1n) is 25.4. The van der Waals surface area contributed by atoms with E-state index in [-0.39, 0.29) is 10.8 Å². The van der Waals surface area contributed by atoms with Crippen LogP contribution >= 0.6 is 11.3 Å². The topological polar surface area (TPSA) is 3.24 Å². The lowest BCUT2D eigenvalue weighted by Crippen LogP contribution is -2.27. The van der Waals surface area contributed by atoms with Gasteiger partial charge < -0.3 is 4.90 Å². The standard InChI is InChI=1S/C69H57NS/c1-67(2,3)45-35-38-53-54-39-36-46(68(4,5)6)42-60(54)69(59(53)41-45)58-30-17-14-27-52(58)55-40-37-47(43-61(55)69)70(63-32-20-34-65-66(63)57-29-16-19-33-64(57)71-65)62-31-18-15-28-56(62)51-26-13-12-25-50(51)49-24-11-10-23-48(49)44-21-8-7-9-22-44/h8,10-43H,7,9H2,1-6H3. The predicted octanol–water partition coefficient (Wildman–Crippen LogP) is 19.5. The molecule has 0 radical (unpaired) electrons. The number of fused-ring (bicyclic) bond motifs is 13. The third-order valence-corrected chi connectivity index (χ3v) is 16.8. The Hall–Kier alpha value is -7.52. The maximum Gasteiger partial charge on any atom is 0.0726 e. The highest BCUT2D eigenvalue weighted by Gasteiger charge is 2.52. The molecule has 3 aliphatic carbocycles. The molecule has 2 heteroatoms. The van der Waals surface area contributed by atoms with Crippen LogP contribution in [0.15, 0.2) is 212 Å². The molecule has 0 saturated carbocycles. The second-order valence-electron chi connectivity index (χ2n) is 21.9. The van der Waals surface area contributed by atoms with Gasteiger partial charge in [0.25, 0.3) is 0 Å². The van der Waals surface area contributed by atoms with Crippen LogP contribution in [0, 0.1) is 0 Å². The quantitative estimate of drug-likeness (QED) is 0.161. The van der Waals surface area contributed by atoms with Crippen molar-refractivity contribution in [1.29, 1.82) is 0 Å². The summed E-state index contributed by atoms with van der Waals surface area (Å²) < 4.78 is 2.57. The van der Waals surface area contributed by atoms with Crippen LogP contribution in [0.4, 0.5) is 17.1 Å². The largest absolute Gasteiger partial charge is 0.309 e. The van der Waals surface area contributed by atoms with Crippen molar-refractivity contribution >= 4 is 54.1 Å². The van der Waals surface area contributed by atoms with Gasteiger partial charge in [-0.1, -0.05) is 217 Å². The molecule has 1 nitrogen and oxygen atoms in total. The fraction of sp³-hybridized carbons (Fsp3) is 0.159. The second kappa shape index (κ2) is 16.3. The number of hydrogen-bond donors (Lipinski definition) is 0. The molecule has 344 valence electrons. The number of nitrogens with zero attached hydrogens (tertiary/aromatic N) is 1. The smallest absolute Gasteiger partial charge is 0.0726 e. The minimum absolute atomic E-state index is 0.0340. The number of allylic oxidation sites excluding steroid dienone is 4. The summed E-state index contributed by atoms with van der Waals surface area (Å²) in [5, 5.41) is 2.55. The van der Waals surface area contributed by atoms with E-state index in [2.05, 4.69) is 259 Å². The first kappa shape index (κ1) is 43.5. The molecule has 71 heavy (non-hydrogen) atoms. The number of rotatable bonds is 6. The van der Waals surface area contributed by atoms with Gasteiger partial charge in [0.15, 0.2) is 0 Å². The molecule has 0 N–H and O–H groups in total. The van der Waals surface area contributed by atoms with Crippen LogP contribution in [0.2, 0.25) is 0 Å². The predicted molar refractivity (Wildman–Crippen MR) is 305 cm³/mol. The minimum atomic E-state index is -0.542. The molecule has 0 amide bonds. The maximum absolute atomic E-state index is 2.59. The summed E-state index contributed by atoms with van der Waals surface area (Å²) in [7, 11) is 0. The highest BCUT2D eigenvalue weighted by Crippen LogP contribution is 2.64. The van der Waals surface area contributed by atoms with Gasteiger partial charge in [-0.3, -0.25) is 0 Å². The summed E-state index contributed by atoms with van der Waals surface area (Å²) in [5.74, 6) is 0. The SMILES string of the molecule is CC(C)(C)c1ccc2c(c1)C1(c3ccccc3-c3ccc(N(c4ccccc4-c4ccccc4-c4ccccc4C4=CCCC=C4)c4cccc5sc6ccccc6c45)cc31)c1cc(C(C)(C)C)ccc1-2. The molecule has 3 aliphatic rings. The Morgan fingerprint density at radius 1 is 0.408 bits per heavy atom. The average molecular weight is 932 g/mol. The maximum atomic E-state index is 2.59. The van der Waals surface area contributed by atoms with Crippen molar-refractivity contribution in [3.63, 3.8) is 0 Å². The zero-order valence-electron chi connectivity index (χ0n) is 41.5. The Balaban J connectivity index is 1.11. The van der Waals surface area contributed by atoms with Crippen LogP contribution in [0.5, 0.6) is 0 Å². The Kier molecular flexibility index (Phi) is 9.97. The molecule has 9 aromatic carbocycles. The normalized spacial score (nSPS) is 14.4. The molecular weight excluding hydrogens is 875 g/mol. The molecule has 0 atom stereocenters. The van der Waals surface area contributed by atoms with Gasteiger partial charge in [0.1, 0.15) is 0 Å². The van der Waals surface area contributed by atoms with E-state index in [9.17, 15) is 0 Å². The van der Waals surface area contributed by atoms with E-state index < -0.39 is 5.41 Å². The van der Waals surface area contributed by atoms with Crippen LogP contribution in [0.3, 0.4) is 0 Å². The third kappa shape index (κ3) is 6.72. The van der Waals surface area contributed by atoms with Crippen LogP contribution in [-0.2, 0) is 16.2 Å². The van der Waals surface area contributed by atoms with E-state index in [0.29, 0.717) is 0 Å². The number of thiophene rings is 1. The molecule has 1 heterocycles. The summed E-state index contributed by atoms with van der Waals surface area (Å²) in [5.41, 5.74) is 23.7. The van der Waals surface area contributed by atoms with E-state index in [1.807, 2.05) is 11.3 Å². The van der Waals surface area contributed by atoms with E-state index >= 15 is 0 Å². The number of para-hydroxylation sites is 1. The first-order chi connectivity index (χ1) is 34.5. The lowest BCUT2D eigenvalue weighted by molar-refractivity contribution is 0.586. The van der Waals surface area contributed by atoms with Crippen molar-refractivity contribution < 1.29 is 0 Å². The van der Waals surface area contributed by atoms with Gasteiger partial charge in [0.05, 0.1) is 16.8 Å². The molecule has 0 bridgehead atoms. The van der Waals surface area contributed by atoms with Crippen molar-refractivity contribution in [3.05, 3.63) is 251 Å². The Morgan fingerprint density at radius 2 is 0.915 bits per heavy atom. The van der Waals surface area contributed by atoms with Gasteiger partial charge in [-0.25, -0.2) is 0 Å². The highest BCUT2D eigenvalue weighted by molar-refractivity contribution is 7.26. The van der Waals surface area contributed by atoms with Crippen LogP contribution in [-0.4, -0.2) is 0 Å². The van der Waals surface area contributed by atoms with Crippen molar-refractivity contribution in [1.82, 2.24) is 0 Å². The van der Waals surface area contributed by atoms with Gasteiger partial charge in [-0.15, -0.1) is 11.3 Å². The number of hydrogen-bond acceptors (Lipinski definition) is 2. The van der Waals surface area contributed by atoms with Gasteiger partial charge in [0.2, 0.25) is 0 Å². The second-order valence-corrected chi connectivity index (χ2v) is 23.0. The summed E-state index contributed by atoms with van der Waals surface area (Å²) >= 11 is 1.88. The molecule has 1 spiro atoms. The van der Waals surface area contributed by atoms with E-state index in [1.165, 1.54) is 115 Å². The lowest BCUT2D eigenvalue weighted by atomic mass is 9.68. The van der Waals surface area contributed by atoms with Crippen LogP contribution in [0.1, 0.15) is 93.3 Å². The minimum Gasteiger partial charge on any atom is -0.309 e.